The average Bonchev–Trinajstić information content (AvgIpc) is 2.99. The zero-order valence-corrected chi connectivity index (χ0v) is 14.7. The minimum atomic E-state index is -0.180. The van der Waals surface area contributed by atoms with Gasteiger partial charge in [-0.25, -0.2) is 0 Å². The lowest BCUT2D eigenvalue weighted by Crippen LogP contribution is -2.41. The number of benzene rings is 1. The van der Waals surface area contributed by atoms with Crippen LogP contribution >= 0.6 is 0 Å². The summed E-state index contributed by atoms with van der Waals surface area (Å²) in [7, 11) is 1.65. The minimum absolute atomic E-state index is 0.0910. The highest BCUT2D eigenvalue weighted by atomic mass is 16.3. The second-order valence-corrected chi connectivity index (χ2v) is 5.72. The van der Waals surface area contributed by atoms with Crippen molar-refractivity contribution in [3.05, 3.63) is 60.1 Å². The van der Waals surface area contributed by atoms with Gasteiger partial charge in [0.1, 0.15) is 11.3 Å². The molecule has 7 heteroatoms. The number of amides is 1. The van der Waals surface area contributed by atoms with Crippen LogP contribution in [-0.2, 0) is 11.3 Å². The number of rotatable bonds is 5. The summed E-state index contributed by atoms with van der Waals surface area (Å²) < 4.78 is 5.87. The molecule has 3 N–H and O–H groups in total. The van der Waals surface area contributed by atoms with Gasteiger partial charge in [0.2, 0.25) is 5.91 Å². The molecule has 26 heavy (non-hydrogen) atoms. The molecule has 7 nitrogen and oxygen atoms in total. The summed E-state index contributed by atoms with van der Waals surface area (Å²) in [6.07, 6.45) is 3.25. The second kappa shape index (κ2) is 8.15. The Bertz CT molecular complexity index is 918. The molecule has 0 aliphatic heterocycles. The number of nitrogens with one attached hydrogen (secondary N) is 3. The van der Waals surface area contributed by atoms with E-state index in [1.165, 1.54) is 0 Å². The van der Waals surface area contributed by atoms with Crippen LogP contribution < -0.4 is 16.0 Å². The van der Waals surface area contributed by atoms with E-state index in [1.54, 1.807) is 31.6 Å². The maximum absolute atomic E-state index is 12.0. The molecule has 1 amide bonds. The van der Waals surface area contributed by atoms with Crippen molar-refractivity contribution in [2.75, 3.05) is 18.9 Å². The Morgan fingerprint density at radius 3 is 2.77 bits per heavy atom. The number of carbonyl (C=O) groups excluding carboxylic acids is 1. The molecule has 2 heterocycles. The van der Waals surface area contributed by atoms with Gasteiger partial charge < -0.3 is 20.4 Å². The van der Waals surface area contributed by atoms with Gasteiger partial charge in [0, 0.05) is 24.2 Å². The van der Waals surface area contributed by atoms with Crippen molar-refractivity contribution in [3.63, 3.8) is 0 Å². The maximum atomic E-state index is 12.0. The van der Waals surface area contributed by atoms with Crippen molar-refractivity contribution in [2.45, 2.75) is 13.5 Å². The lowest BCUT2D eigenvalue weighted by Gasteiger charge is -2.11. The Hall–Kier alpha value is -3.35. The number of aromatic nitrogens is 1. The quantitative estimate of drug-likeness (QED) is 0.485. The molecule has 0 aliphatic carbocycles. The number of carbonyl (C=O) groups is 1. The zero-order chi connectivity index (χ0) is 18.4. The maximum Gasteiger partial charge on any atom is 0.243 e. The Morgan fingerprint density at radius 1 is 1.19 bits per heavy atom. The summed E-state index contributed by atoms with van der Waals surface area (Å²) in [6.45, 7) is 2.60. The molecule has 0 fully saturated rings. The van der Waals surface area contributed by atoms with E-state index in [4.69, 9.17) is 4.42 Å². The molecule has 0 radical (unpaired) electrons. The number of pyridine rings is 1. The van der Waals surface area contributed by atoms with E-state index in [1.807, 2.05) is 31.2 Å². The highest BCUT2D eigenvalue weighted by Gasteiger charge is 2.10. The number of anilines is 1. The Kier molecular flexibility index (Phi) is 5.48. The van der Waals surface area contributed by atoms with Crippen molar-refractivity contribution < 1.29 is 9.21 Å². The van der Waals surface area contributed by atoms with Crippen molar-refractivity contribution in [2.24, 2.45) is 4.99 Å². The third-order valence-corrected chi connectivity index (χ3v) is 3.94. The number of aryl methyl sites for hydroxylation is 1. The first-order valence-electron chi connectivity index (χ1n) is 8.29. The van der Waals surface area contributed by atoms with Crippen LogP contribution in [-0.4, -0.2) is 30.4 Å². The van der Waals surface area contributed by atoms with Crippen LogP contribution in [0.25, 0.3) is 11.0 Å². The average molecular weight is 351 g/mol. The van der Waals surface area contributed by atoms with E-state index in [9.17, 15) is 4.79 Å². The van der Waals surface area contributed by atoms with Gasteiger partial charge >= 0.3 is 0 Å². The molecule has 1 aromatic carbocycles. The fraction of sp³-hybridized carbons (Fsp3) is 0.211. The molecule has 0 atom stereocenters. The summed E-state index contributed by atoms with van der Waals surface area (Å²) in [5.41, 5.74) is 2.61. The third-order valence-electron chi connectivity index (χ3n) is 3.94. The molecule has 0 saturated heterocycles. The van der Waals surface area contributed by atoms with E-state index in [0.29, 0.717) is 18.2 Å². The monoisotopic (exact) mass is 351 g/mol. The van der Waals surface area contributed by atoms with Crippen molar-refractivity contribution in [3.8, 4) is 0 Å². The van der Waals surface area contributed by atoms with Crippen molar-refractivity contribution >= 4 is 28.5 Å². The molecule has 0 saturated carbocycles. The standard InChI is InChI=1S/C19H21N5O2/c1-13-15-7-3-4-8-16(15)26-17(13)11-22-19(20-2)23-12-18(25)24-14-6-5-9-21-10-14/h3-10H,11-12H2,1-2H3,(H,24,25)(H2,20,22,23). The van der Waals surface area contributed by atoms with Gasteiger partial charge in [-0.15, -0.1) is 0 Å². The molecule has 3 aromatic rings. The van der Waals surface area contributed by atoms with Gasteiger partial charge in [-0.05, 0) is 25.1 Å². The lowest BCUT2D eigenvalue weighted by molar-refractivity contribution is -0.115. The molecule has 2 aromatic heterocycles. The lowest BCUT2D eigenvalue weighted by atomic mass is 10.1. The smallest absolute Gasteiger partial charge is 0.243 e. The van der Waals surface area contributed by atoms with Gasteiger partial charge in [-0.1, -0.05) is 18.2 Å². The van der Waals surface area contributed by atoms with E-state index >= 15 is 0 Å². The van der Waals surface area contributed by atoms with E-state index < -0.39 is 0 Å². The number of para-hydroxylation sites is 1. The molecule has 134 valence electrons. The van der Waals surface area contributed by atoms with E-state index in [0.717, 1.165) is 22.3 Å². The number of nitrogens with zero attached hydrogens (tertiary/aromatic N) is 2. The van der Waals surface area contributed by atoms with E-state index in [2.05, 4.69) is 25.9 Å². The number of aliphatic imine (C=N–C) groups is 1. The Labute approximate surface area is 151 Å². The predicted molar refractivity (Wildman–Crippen MR) is 102 cm³/mol. The van der Waals surface area contributed by atoms with Gasteiger partial charge in [0.15, 0.2) is 5.96 Å². The first-order chi connectivity index (χ1) is 12.7. The molecule has 3 rings (SSSR count). The van der Waals surface area contributed by atoms with E-state index in [-0.39, 0.29) is 12.5 Å². The molecular formula is C19H21N5O2. The molecule has 0 aliphatic rings. The van der Waals surface area contributed by atoms with Crippen LogP contribution in [0.15, 0.2) is 58.2 Å². The van der Waals surface area contributed by atoms with Crippen molar-refractivity contribution in [1.82, 2.24) is 15.6 Å². The summed E-state index contributed by atoms with van der Waals surface area (Å²) in [4.78, 5) is 20.1. The van der Waals surface area contributed by atoms with Gasteiger partial charge in [-0.2, -0.15) is 0 Å². The SMILES string of the molecule is CN=C(NCC(=O)Nc1cccnc1)NCc1oc2ccccc2c1C. The number of guanidine groups is 1. The minimum Gasteiger partial charge on any atom is -0.459 e. The Balaban J connectivity index is 1.53. The van der Waals surface area contributed by atoms with Gasteiger partial charge in [0.05, 0.1) is 25.0 Å². The second-order valence-electron chi connectivity index (χ2n) is 5.72. The van der Waals surface area contributed by atoms with Gasteiger partial charge in [0.25, 0.3) is 0 Å². The zero-order valence-electron chi connectivity index (χ0n) is 14.7. The van der Waals surface area contributed by atoms with Crippen LogP contribution in [0.2, 0.25) is 0 Å². The summed E-state index contributed by atoms with van der Waals surface area (Å²) in [6, 6.07) is 11.5. The highest BCUT2D eigenvalue weighted by molar-refractivity contribution is 5.94. The fourth-order valence-corrected chi connectivity index (χ4v) is 2.58. The number of fused-ring (bicyclic) bond motifs is 1. The number of furan rings is 1. The Morgan fingerprint density at radius 2 is 2.04 bits per heavy atom. The highest BCUT2D eigenvalue weighted by Crippen LogP contribution is 2.24. The van der Waals surface area contributed by atoms with Crippen LogP contribution in [0.4, 0.5) is 5.69 Å². The topological polar surface area (TPSA) is 91.5 Å². The molecule has 0 bridgehead atoms. The molecule has 0 unspecified atom stereocenters. The van der Waals surface area contributed by atoms with Crippen LogP contribution in [0.1, 0.15) is 11.3 Å². The molecular weight excluding hydrogens is 330 g/mol. The van der Waals surface area contributed by atoms with Crippen molar-refractivity contribution in [1.29, 1.82) is 0 Å². The first kappa shape index (κ1) is 17.5. The van der Waals surface area contributed by atoms with Crippen LogP contribution in [0, 0.1) is 6.92 Å². The fourth-order valence-electron chi connectivity index (χ4n) is 2.58. The van der Waals surface area contributed by atoms with Gasteiger partial charge in [-0.3, -0.25) is 14.8 Å². The molecule has 0 spiro atoms. The third kappa shape index (κ3) is 4.18. The van der Waals surface area contributed by atoms with Crippen LogP contribution in [0.5, 0.6) is 0 Å². The summed E-state index contributed by atoms with van der Waals surface area (Å²) in [5, 5.41) is 9.99. The van der Waals surface area contributed by atoms with Crippen LogP contribution in [0.3, 0.4) is 0 Å². The summed E-state index contributed by atoms with van der Waals surface area (Å²) >= 11 is 0. The normalized spacial score (nSPS) is 11.4. The largest absolute Gasteiger partial charge is 0.459 e. The number of hydrogen-bond acceptors (Lipinski definition) is 4. The number of hydrogen-bond donors (Lipinski definition) is 3. The first-order valence-corrected chi connectivity index (χ1v) is 8.29. The summed E-state index contributed by atoms with van der Waals surface area (Å²) in [5.74, 6) is 1.18. The predicted octanol–water partition coefficient (Wildman–Crippen LogP) is 2.44.